The molecule has 0 radical (unpaired) electrons. The lowest BCUT2D eigenvalue weighted by atomic mass is 10.1. The number of rotatable bonds is 9. The first-order valence-electron chi connectivity index (χ1n) is 10.0. The van der Waals surface area contributed by atoms with Crippen LogP contribution in [0.2, 0.25) is 0 Å². The summed E-state index contributed by atoms with van der Waals surface area (Å²) in [7, 11) is 1.69. The van der Waals surface area contributed by atoms with Crippen molar-refractivity contribution in [2.75, 3.05) is 7.11 Å². The zero-order chi connectivity index (χ0) is 20.6. The minimum atomic E-state index is 0.111. The predicted octanol–water partition coefficient (Wildman–Crippen LogP) is 5.39. The van der Waals surface area contributed by atoms with Crippen molar-refractivity contribution >= 4 is 0 Å². The van der Waals surface area contributed by atoms with Crippen LogP contribution in [0.4, 0.5) is 0 Å². The average molecular weight is 391 g/mol. The normalized spacial score (nSPS) is 11.1. The van der Waals surface area contributed by atoms with E-state index in [1.54, 1.807) is 7.11 Å². The molecule has 0 atom stereocenters. The number of ether oxygens (including phenoxy) is 2. The van der Waals surface area contributed by atoms with Crippen LogP contribution in [-0.2, 0) is 19.6 Å². The second-order valence-electron chi connectivity index (χ2n) is 7.64. The molecule has 3 aromatic rings. The van der Waals surface area contributed by atoms with Gasteiger partial charge in [0.15, 0.2) is 11.5 Å². The quantitative estimate of drug-likeness (QED) is 0.491. The molecule has 0 fully saturated rings. The van der Waals surface area contributed by atoms with Gasteiger partial charge in [-0.1, -0.05) is 35.9 Å². The fourth-order valence-electron chi connectivity index (χ4n) is 3.29. The Labute approximate surface area is 174 Å². The van der Waals surface area contributed by atoms with Crippen LogP contribution >= 0.6 is 0 Å². The Kier molecular flexibility index (Phi) is 7.25. The summed E-state index contributed by atoms with van der Waals surface area (Å²) in [5.41, 5.74) is 5.02. The third-order valence-corrected chi connectivity index (χ3v) is 4.68. The molecule has 0 amide bonds. The minimum absolute atomic E-state index is 0.111. The molecular weight excluding hydrogens is 360 g/mol. The Morgan fingerprint density at radius 3 is 2.00 bits per heavy atom. The largest absolute Gasteiger partial charge is 0.493 e. The molecular formula is C25H30N2O2. The van der Waals surface area contributed by atoms with Crippen molar-refractivity contribution in [2.24, 2.45) is 0 Å². The molecule has 0 saturated heterocycles. The number of methoxy groups -OCH3 is 1. The number of hydrogen-bond acceptors (Lipinski definition) is 4. The maximum absolute atomic E-state index is 5.85. The third kappa shape index (κ3) is 6.33. The van der Waals surface area contributed by atoms with Gasteiger partial charge in [-0.05, 0) is 61.7 Å². The van der Waals surface area contributed by atoms with E-state index in [9.17, 15) is 0 Å². The van der Waals surface area contributed by atoms with Gasteiger partial charge in [0.2, 0.25) is 0 Å². The van der Waals surface area contributed by atoms with Gasteiger partial charge >= 0.3 is 0 Å². The van der Waals surface area contributed by atoms with Crippen molar-refractivity contribution in [3.63, 3.8) is 0 Å². The van der Waals surface area contributed by atoms with Gasteiger partial charge in [0, 0.05) is 32.0 Å². The maximum Gasteiger partial charge on any atom is 0.161 e. The molecule has 0 bridgehead atoms. The van der Waals surface area contributed by atoms with Crippen molar-refractivity contribution in [3.05, 3.63) is 89.2 Å². The first-order chi connectivity index (χ1) is 14.0. The van der Waals surface area contributed by atoms with Gasteiger partial charge in [0.1, 0.15) is 0 Å². The number of aryl methyl sites for hydroxylation is 1. The van der Waals surface area contributed by atoms with Crippen molar-refractivity contribution < 1.29 is 9.47 Å². The lowest BCUT2D eigenvalue weighted by Gasteiger charge is -2.23. The molecule has 0 unspecified atom stereocenters. The van der Waals surface area contributed by atoms with Crippen LogP contribution in [0.15, 0.2) is 67.0 Å². The van der Waals surface area contributed by atoms with E-state index in [4.69, 9.17) is 9.47 Å². The van der Waals surface area contributed by atoms with Gasteiger partial charge in [-0.2, -0.15) is 0 Å². The fourth-order valence-corrected chi connectivity index (χ4v) is 3.29. The Hall–Kier alpha value is -2.85. The molecule has 0 aliphatic heterocycles. The van der Waals surface area contributed by atoms with E-state index in [0.717, 1.165) is 31.1 Å². The predicted molar refractivity (Wildman–Crippen MR) is 117 cm³/mol. The molecule has 1 aromatic heterocycles. The topological polar surface area (TPSA) is 34.6 Å². The summed E-state index contributed by atoms with van der Waals surface area (Å²) in [6.07, 6.45) is 3.81. The molecule has 0 saturated carbocycles. The van der Waals surface area contributed by atoms with Crippen LogP contribution in [-0.4, -0.2) is 23.1 Å². The summed E-state index contributed by atoms with van der Waals surface area (Å²) in [4.78, 5) is 6.57. The summed E-state index contributed by atoms with van der Waals surface area (Å²) in [5.74, 6) is 1.56. The van der Waals surface area contributed by atoms with E-state index in [2.05, 4.69) is 65.3 Å². The monoisotopic (exact) mass is 390 g/mol. The molecule has 1 heterocycles. The Morgan fingerprint density at radius 1 is 0.793 bits per heavy atom. The number of pyridine rings is 1. The molecule has 0 aliphatic carbocycles. The molecule has 2 aromatic carbocycles. The maximum atomic E-state index is 5.85. The Bertz CT molecular complexity index is 892. The van der Waals surface area contributed by atoms with Crippen molar-refractivity contribution in [1.82, 2.24) is 9.88 Å². The lowest BCUT2D eigenvalue weighted by Crippen LogP contribution is -2.22. The highest BCUT2D eigenvalue weighted by atomic mass is 16.5. The molecule has 3 rings (SSSR count). The van der Waals surface area contributed by atoms with Crippen LogP contribution in [0.5, 0.6) is 11.5 Å². The first kappa shape index (κ1) is 20.9. The fraction of sp³-hybridized carbons (Fsp3) is 0.320. The number of aromatic nitrogens is 1. The zero-order valence-electron chi connectivity index (χ0n) is 17.8. The Morgan fingerprint density at radius 2 is 1.38 bits per heavy atom. The highest BCUT2D eigenvalue weighted by Gasteiger charge is 2.12. The Balaban J connectivity index is 1.80. The molecule has 0 aliphatic rings. The molecule has 152 valence electrons. The first-order valence-corrected chi connectivity index (χ1v) is 10.0. The smallest absolute Gasteiger partial charge is 0.161 e. The SMILES string of the molecule is COc1cc(CN(Cc2ccncc2)Cc2ccc(C)cc2)ccc1OC(C)C. The van der Waals surface area contributed by atoms with Gasteiger partial charge < -0.3 is 9.47 Å². The van der Waals surface area contributed by atoms with Gasteiger partial charge in [-0.15, -0.1) is 0 Å². The number of nitrogens with zero attached hydrogens (tertiary/aromatic N) is 2. The van der Waals surface area contributed by atoms with E-state index in [1.165, 1.54) is 22.3 Å². The molecule has 0 N–H and O–H groups in total. The molecule has 4 nitrogen and oxygen atoms in total. The summed E-state index contributed by atoms with van der Waals surface area (Å²) in [5, 5.41) is 0. The average Bonchev–Trinajstić information content (AvgIpc) is 2.71. The molecule has 4 heteroatoms. The van der Waals surface area contributed by atoms with Crippen molar-refractivity contribution in [2.45, 2.75) is 46.5 Å². The highest BCUT2D eigenvalue weighted by molar-refractivity contribution is 5.43. The van der Waals surface area contributed by atoms with Crippen molar-refractivity contribution in [3.8, 4) is 11.5 Å². The second-order valence-corrected chi connectivity index (χ2v) is 7.64. The summed E-state index contributed by atoms with van der Waals surface area (Å²) >= 11 is 0. The second kappa shape index (κ2) is 10.1. The van der Waals surface area contributed by atoms with E-state index in [1.807, 2.05) is 32.3 Å². The number of hydrogen-bond donors (Lipinski definition) is 0. The van der Waals surface area contributed by atoms with E-state index < -0.39 is 0 Å². The minimum Gasteiger partial charge on any atom is -0.493 e. The van der Waals surface area contributed by atoms with Gasteiger partial charge in [-0.25, -0.2) is 0 Å². The highest BCUT2D eigenvalue weighted by Crippen LogP contribution is 2.30. The van der Waals surface area contributed by atoms with Crippen LogP contribution in [0.3, 0.4) is 0 Å². The third-order valence-electron chi connectivity index (χ3n) is 4.68. The van der Waals surface area contributed by atoms with Gasteiger partial charge in [-0.3, -0.25) is 9.88 Å². The van der Waals surface area contributed by atoms with Crippen LogP contribution in [0.25, 0.3) is 0 Å². The van der Waals surface area contributed by atoms with E-state index in [-0.39, 0.29) is 6.10 Å². The summed E-state index contributed by atoms with van der Waals surface area (Å²) in [6.45, 7) is 8.69. The standard InChI is InChI=1S/C25H30N2O2/c1-19(2)29-24-10-9-23(15-25(24)28-4)18-27(17-22-11-13-26-14-12-22)16-21-7-5-20(3)6-8-21/h5-15,19H,16-18H2,1-4H3. The lowest BCUT2D eigenvalue weighted by molar-refractivity contribution is 0.228. The van der Waals surface area contributed by atoms with Crippen LogP contribution in [0, 0.1) is 6.92 Å². The van der Waals surface area contributed by atoms with E-state index >= 15 is 0 Å². The molecule has 29 heavy (non-hydrogen) atoms. The van der Waals surface area contributed by atoms with Crippen LogP contribution < -0.4 is 9.47 Å². The van der Waals surface area contributed by atoms with Crippen LogP contribution in [0.1, 0.15) is 36.1 Å². The molecule has 0 spiro atoms. The van der Waals surface area contributed by atoms with E-state index in [0.29, 0.717) is 0 Å². The number of benzene rings is 2. The van der Waals surface area contributed by atoms with Gasteiger partial charge in [0.05, 0.1) is 13.2 Å². The summed E-state index contributed by atoms with van der Waals surface area (Å²) < 4.78 is 11.4. The van der Waals surface area contributed by atoms with Gasteiger partial charge in [0.25, 0.3) is 0 Å². The zero-order valence-corrected chi connectivity index (χ0v) is 17.8. The van der Waals surface area contributed by atoms with Crippen molar-refractivity contribution in [1.29, 1.82) is 0 Å². The summed E-state index contributed by atoms with van der Waals surface area (Å²) in [6, 6.07) is 19.1.